The van der Waals surface area contributed by atoms with Crippen molar-refractivity contribution in [3.8, 4) is 11.5 Å². The summed E-state index contributed by atoms with van der Waals surface area (Å²) in [6.07, 6.45) is 3.93. The van der Waals surface area contributed by atoms with E-state index >= 15 is 0 Å². The topological polar surface area (TPSA) is 137 Å². The minimum atomic E-state index is -0.936. The highest BCUT2D eigenvalue weighted by Gasteiger charge is 2.34. The van der Waals surface area contributed by atoms with Crippen molar-refractivity contribution < 1.29 is 42.7 Å². The number of hydrogen-bond acceptors (Lipinski definition) is 9. The van der Waals surface area contributed by atoms with Crippen LogP contribution in [0.1, 0.15) is 45.8 Å². The van der Waals surface area contributed by atoms with Crippen molar-refractivity contribution in [3.05, 3.63) is 53.1 Å². The monoisotopic (exact) mass is 604 g/mol. The summed E-state index contributed by atoms with van der Waals surface area (Å²) in [4.78, 5) is 25.1. The molecule has 0 radical (unpaired) electrons. The van der Waals surface area contributed by atoms with E-state index in [9.17, 15) is 9.59 Å². The average Bonchev–Trinajstić information content (AvgIpc) is 2.97. The SMILES string of the molecule is COc1cc2c(OC)c(c1)C(OC)C(C)CC(OC)C(OC)C(C)/C=C(\C)C(OC(N)=O)C(OC)/C=C\C=C(/C)C(=O)N2. The van der Waals surface area contributed by atoms with Gasteiger partial charge in [0.2, 0.25) is 0 Å². The summed E-state index contributed by atoms with van der Waals surface area (Å²) >= 11 is 0. The third-order valence-electron chi connectivity index (χ3n) is 7.71. The second-order valence-electron chi connectivity index (χ2n) is 10.7. The Morgan fingerprint density at radius 2 is 1.63 bits per heavy atom. The molecule has 3 N–H and O–H groups in total. The molecule has 7 atom stereocenters. The Hall–Kier alpha value is -3.38. The maximum absolute atomic E-state index is 13.2. The number of carbonyl (C=O) groups excluding carboxylic acids is 2. The maximum Gasteiger partial charge on any atom is 0.405 e. The molecule has 1 aliphatic rings. The molecule has 7 unspecified atom stereocenters. The van der Waals surface area contributed by atoms with Crippen LogP contribution >= 0.6 is 0 Å². The molecule has 0 saturated carbocycles. The fourth-order valence-electron chi connectivity index (χ4n) is 5.56. The Bertz CT molecular complexity index is 1180. The van der Waals surface area contributed by atoms with Crippen LogP contribution in [0.5, 0.6) is 11.5 Å². The lowest BCUT2D eigenvalue weighted by Crippen LogP contribution is -2.38. The van der Waals surface area contributed by atoms with E-state index in [4.69, 9.17) is 38.9 Å². The van der Waals surface area contributed by atoms with Gasteiger partial charge in [-0.05, 0) is 37.8 Å². The van der Waals surface area contributed by atoms with Crippen LogP contribution in [-0.4, -0.2) is 79.1 Å². The van der Waals surface area contributed by atoms with Crippen LogP contribution in [0.2, 0.25) is 0 Å². The van der Waals surface area contributed by atoms with Gasteiger partial charge in [0, 0.05) is 51.6 Å². The first-order valence-electron chi connectivity index (χ1n) is 14.1. The predicted octanol–water partition coefficient (Wildman–Crippen LogP) is 4.96. The van der Waals surface area contributed by atoms with Gasteiger partial charge in [0.25, 0.3) is 5.91 Å². The van der Waals surface area contributed by atoms with Crippen LogP contribution in [0.4, 0.5) is 10.5 Å². The third kappa shape index (κ3) is 9.30. The number of anilines is 1. The highest BCUT2D eigenvalue weighted by Crippen LogP contribution is 2.42. The quantitative estimate of drug-likeness (QED) is 0.414. The molecule has 11 nitrogen and oxygen atoms in total. The molecule has 2 amide bonds. The van der Waals surface area contributed by atoms with Crippen LogP contribution in [0.3, 0.4) is 0 Å². The minimum absolute atomic E-state index is 0.0915. The summed E-state index contributed by atoms with van der Waals surface area (Å²) in [5.41, 5.74) is 7.70. The molecule has 2 bridgehead atoms. The van der Waals surface area contributed by atoms with Gasteiger partial charge in [0.15, 0.2) is 6.10 Å². The van der Waals surface area contributed by atoms with Gasteiger partial charge >= 0.3 is 6.09 Å². The lowest BCUT2D eigenvalue weighted by atomic mass is 9.86. The number of benzene rings is 1. The van der Waals surface area contributed by atoms with Crippen LogP contribution in [0.25, 0.3) is 0 Å². The van der Waals surface area contributed by atoms with Gasteiger partial charge in [-0.2, -0.15) is 0 Å². The summed E-state index contributed by atoms with van der Waals surface area (Å²) in [5.74, 6) is 0.389. The van der Waals surface area contributed by atoms with Crippen molar-refractivity contribution in [2.45, 2.75) is 64.6 Å². The van der Waals surface area contributed by atoms with E-state index in [1.54, 1.807) is 66.8 Å². The smallest absolute Gasteiger partial charge is 0.405 e. The first-order chi connectivity index (χ1) is 20.4. The van der Waals surface area contributed by atoms with Gasteiger partial charge in [-0.3, -0.25) is 4.79 Å². The molecule has 1 heterocycles. The largest absolute Gasteiger partial charge is 0.497 e. The Morgan fingerprint density at radius 3 is 2.16 bits per heavy atom. The molecule has 11 heteroatoms. The maximum atomic E-state index is 13.2. The number of hydrogen-bond donors (Lipinski definition) is 2. The molecule has 2 rings (SSSR count). The van der Waals surface area contributed by atoms with Crippen LogP contribution in [0.15, 0.2) is 47.6 Å². The standard InChI is InChI=1S/C32H48N2O9/c1-18-12-11-13-25(38-6)29(43-32(33)36)20(3)14-19(2)28(41-9)26(39-7)15-21(4)27(40-8)23-16-22(37-5)17-24(30(23)42-10)34-31(18)35/h11-14,16-17,19,21,25-29H,15H2,1-10H3,(H2,33,36)(H,34,35)/b13-11-,18-12+,20-14+. The Kier molecular flexibility index (Phi) is 14.2. The van der Waals surface area contributed by atoms with Crippen LogP contribution in [-0.2, 0) is 28.5 Å². The second-order valence-corrected chi connectivity index (χ2v) is 10.7. The molecular formula is C32H48N2O9. The van der Waals surface area contributed by atoms with E-state index in [2.05, 4.69) is 12.2 Å². The number of nitrogens with two attached hydrogens (primary N) is 1. The number of allylic oxidation sites excluding steroid dienone is 2. The number of ether oxygens (including phenoxy) is 7. The molecule has 0 saturated heterocycles. The second kappa shape index (κ2) is 17.0. The zero-order valence-corrected chi connectivity index (χ0v) is 27.0. The molecule has 0 fully saturated rings. The van der Waals surface area contributed by atoms with Gasteiger partial charge in [-0.15, -0.1) is 0 Å². The number of methoxy groups -OCH3 is 6. The molecular weight excluding hydrogens is 556 g/mol. The molecule has 1 aromatic rings. The normalized spacial score (nSPS) is 30.7. The zero-order valence-electron chi connectivity index (χ0n) is 27.0. The molecule has 240 valence electrons. The molecule has 0 aromatic heterocycles. The first kappa shape index (κ1) is 35.8. The van der Waals surface area contributed by atoms with Crippen LogP contribution in [0, 0.1) is 11.8 Å². The molecule has 0 aliphatic carbocycles. The number of amides is 2. The van der Waals surface area contributed by atoms with Crippen LogP contribution < -0.4 is 20.5 Å². The minimum Gasteiger partial charge on any atom is -0.497 e. The lowest BCUT2D eigenvalue weighted by Gasteiger charge is -2.34. The highest BCUT2D eigenvalue weighted by atomic mass is 16.6. The number of carbonyl (C=O) groups is 2. The third-order valence-corrected chi connectivity index (χ3v) is 7.71. The van der Waals surface area contributed by atoms with Crippen molar-refractivity contribution in [1.29, 1.82) is 0 Å². The Balaban J connectivity index is 2.77. The van der Waals surface area contributed by atoms with Crippen molar-refractivity contribution >= 4 is 17.7 Å². The van der Waals surface area contributed by atoms with Gasteiger partial charge in [0.1, 0.15) is 17.6 Å². The predicted molar refractivity (Wildman–Crippen MR) is 164 cm³/mol. The van der Waals surface area contributed by atoms with E-state index in [0.717, 1.165) is 0 Å². The lowest BCUT2D eigenvalue weighted by molar-refractivity contribution is -0.112. The molecule has 1 aromatic carbocycles. The average molecular weight is 605 g/mol. The number of primary amides is 1. The molecule has 43 heavy (non-hydrogen) atoms. The summed E-state index contributed by atoms with van der Waals surface area (Å²) in [6, 6.07) is 3.55. The molecule has 1 aliphatic heterocycles. The van der Waals surface area contributed by atoms with Crippen molar-refractivity contribution in [2.24, 2.45) is 17.6 Å². The van der Waals surface area contributed by atoms with Gasteiger partial charge in [-0.25, -0.2) is 4.79 Å². The number of nitrogens with one attached hydrogen (secondary N) is 1. The van der Waals surface area contributed by atoms with E-state index in [0.29, 0.717) is 40.3 Å². The number of fused-ring (bicyclic) bond motifs is 2. The zero-order chi connectivity index (χ0) is 32.3. The van der Waals surface area contributed by atoms with Crippen molar-refractivity contribution in [1.82, 2.24) is 0 Å². The highest BCUT2D eigenvalue weighted by molar-refractivity contribution is 6.04. The van der Waals surface area contributed by atoms with E-state index < -0.39 is 24.4 Å². The fourth-order valence-corrected chi connectivity index (χ4v) is 5.56. The van der Waals surface area contributed by atoms with Gasteiger partial charge < -0.3 is 44.2 Å². The van der Waals surface area contributed by atoms with Gasteiger partial charge in [-0.1, -0.05) is 38.2 Å². The first-order valence-corrected chi connectivity index (χ1v) is 14.1. The molecule has 0 spiro atoms. The van der Waals surface area contributed by atoms with E-state index in [1.165, 1.54) is 7.11 Å². The summed E-state index contributed by atoms with van der Waals surface area (Å²) < 4.78 is 40.5. The van der Waals surface area contributed by atoms with Gasteiger partial charge in [0.05, 0.1) is 38.2 Å². The summed E-state index contributed by atoms with van der Waals surface area (Å²) in [5, 5.41) is 2.94. The number of rotatable bonds is 7. The van der Waals surface area contributed by atoms with E-state index in [1.807, 2.05) is 26.0 Å². The summed E-state index contributed by atoms with van der Waals surface area (Å²) in [6.45, 7) is 7.57. The Labute approximate surface area is 255 Å². The summed E-state index contributed by atoms with van der Waals surface area (Å²) in [7, 11) is 9.51. The van der Waals surface area contributed by atoms with Crippen molar-refractivity contribution in [3.63, 3.8) is 0 Å². The van der Waals surface area contributed by atoms with Crippen molar-refractivity contribution in [2.75, 3.05) is 48.0 Å². The van der Waals surface area contributed by atoms with E-state index in [-0.39, 0.29) is 30.0 Å². The Morgan fingerprint density at radius 1 is 0.930 bits per heavy atom. The fraction of sp³-hybridized carbons (Fsp3) is 0.562.